The Kier molecular flexibility index (Phi) is 6.72. The summed E-state index contributed by atoms with van der Waals surface area (Å²) in [5.41, 5.74) is 15.8. The van der Waals surface area contributed by atoms with Crippen LogP contribution in [0.1, 0.15) is 0 Å². The van der Waals surface area contributed by atoms with E-state index < -0.39 is 0 Å². The first-order valence-electron chi connectivity index (χ1n) is 20.3. The summed E-state index contributed by atoms with van der Waals surface area (Å²) < 4.78 is 4.83. The van der Waals surface area contributed by atoms with Crippen LogP contribution in [0.15, 0.2) is 212 Å². The number of anilines is 3. The third-order valence-electron chi connectivity index (χ3n) is 12.5. The van der Waals surface area contributed by atoms with E-state index in [0.29, 0.717) is 0 Å². The monoisotopic (exact) mass is 749 g/mol. The lowest BCUT2D eigenvalue weighted by Crippen LogP contribution is -2.11. The Labute approximate surface area is 340 Å². The molecule has 274 valence electrons. The van der Waals surface area contributed by atoms with Gasteiger partial charge in [0.15, 0.2) is 0 Å². The number of aromatic nitrogens is 2. The van der Waals surface area contributed by atoms with Gasteiger partial charge in [-0.1, -0.05) is 115 Å². The van der Waals surface area contributed by atoms with Crippen LogP contribution in [0.25, 0.3) is 98.8 Å². The zero-order chi connectivity index (χ0) is 38.6. The maximum absolute atomic E-state index is 2.43. The summed E-state index contributed by atoms with van der Waals surface area (Å²) in [6.07, 6.45) is 0. The van der Waals surface area contributed by atoms with Crippen molar-refractivity contribution in [2.75, 3.05) is 4.90 Å². The Morgan fingerprint density at radius 3 is 1.42 bits per heavy atom. The molecule has 0 aliphatic heterocycles. The van der Waals surface area contributed by atoms with Gasteiger partial charge in [0.1, 0.15) is 0 Å². The Hall–Kier alpha value is -7.88. The van der Waals surface area contributed by atoms with Gasteiger partial charge >= 0.3 is 0 Å². The fourth-order valence-corrected chi connectivity index (χ4v) is 9.91. The van der Waals surface area contributed by atoms with E-state index in [1.165, 1.54) is 93.1 Å². The van der Waals surface area contributed by atoms with E-state index in [9.17, 15) is 0 Å². The van der Waals surface area contributed by atoms with Crippen LogP contribution in [-0.2, 0) is 0 Å². The molecule has 2 heterocycles. The molecule has 10 aromatic carbocycles. The lowest BCUT2D eigenvalue weighted by atomic mass is 9.78. The van der Waals surface area contributed by atoms with Gasteiger partial charge in [0, 0.05) is 44.3 Å². The molecule has 13 rings (SSSR count). The van der Waals surface area contributed by atoms with Crippen molar-refractivity contribution in [2.45, 2.75) is 0 Å². The smallest absolute Gasteiger partial charge is 0.0782 e. The first-order valence-corrected chi connectivity index (χ1v) is 20.3. The van der Waals surface area contributed by atoms with Crippen molar-refractivity contribution in [1.29, 1.82) is 0 Å². The first kappa shape index (κ1) is 32.2. The highest BCUT2D eigenvalue weighted by atomic mass is 15.2. The highest BCUT2D eigenvalue weighted by molar-refractivity contribution is 6.16. The van der Waals surface area contributed by atoms with Crippen LogP contribution in [0.5, 0.6) is 0 Å². The molecule has 1 aliphatic carbocycles. The standard InChI is InChI=1S/C56H35N3/c1-3-14-40(15-4-1)57(55-25-13-21-47-46-20-9-12-24-54(46)59(56(47)55)41-16-5-2-6-17-41)42-28-26-36-32-48-49-33-37-27-29-43(31-39(37)35-51(49)50(48)34-38(36)30-42)58-52-22-10-7-18-44(52)45-19-8-11-23-53(45)58/h1-35H. The predicted molar refractivity (Wildman–Crippen MR) is 249 cm³/mol. The Balaban J connectivity index is 0.965. The molecule has 0 amide bonds. The summed E-state index contributed by atoms with van der Waals surface area (Å²) in [6, 6.07) is 77.9. The number of benzene rings is 10. The maximum atomic E-state index is 2.43. The van der Waals surface area contributed by atoms with Crippen LogP contribution in [0.4, 0.5) is 17.1 Å². The zero-order valence-corrected chi connectivity index (χ0v) is 32.0. The van der Waals surface area contributed by atoms with Gasteiger partial charge in [-0.15, -0.1) is 0 Å². The van der Waals surface area contributed by atoms with Crippen LogP contribution in [0.2, 0.25) is 0 Å². The van der Waals surface area contributed by atoms with Crippen LogP contribution < -0.4 is 4.90 Å². The Morgan fingerprint density at radius 2 is 0.780 bits per heavy atom. The predicted octanol–water partition coefficient (Wildman–Crippen LogP) is 15.3. The number of hydrogen-bond donors (Lipinski definition) is 0. The molecule has 0 N–H and O–H groups in total. The van der Waals surface area contributed by atoms with Gasteiger partial charge in [0.25, 0.3) is 0 Å². The average Bonchev–Trinajstić information content (AvgIpc) is 3.82. The topological polar surface area (TPSA) is 13.1 Å². The number of nitrogens with zero attached hydrogens (tertiary/aromatic N) is 3. The molecule has 3 heteroatoms. The first-order chi connectivity index (χ1) is 29.3. The van der Waals surface area contributed by atoms with Crippen LogP contribution >= 0.6 is 0 Å². The Morgan fingerprint density at radius 1 is 0.288 bits per heavy atom. The third-order valence-corrected chi connectivity index (χ3v) is 12.5. The van der Waals surface area contributed by atoms with Gasteiger partial charge in [-0.2, -0.15) is 0 Å². The Bertz CT molecular complexity index is 3610. The van der Waals surface area contributed by atoms with E-state index >= 15 is 0 Å². The summed E-state index contributed by atoms with van der Waals surface area (Å²) >= 11 is 0. The van der Waals surface area contributed by atoms with Crippen molar-refractivity contribution < 1.29 is 0 Å². The third kappa shape index (κ3) is 4.70. The summed E-state index contributed by atoms with van der Waals surface area (Å²) in [7, 11) is 0. The van der Waals surface area contributed by atoms with E-state index in [1.807, 2.05) is 0 Å². The van der Waals surface area contributed by atoms with Gasteiger partial charge in [-0.05, 0) is 141 Å². The van der Waals surface area contributed by atoms with Crippen molar-refractivity contribution in [3.8, 4) is 33.6 Å². The van der Waals surface area contributed by atoms with Gasteiger partial charge in [-0.3, -0.25) is 0 Å². The highest BCUT2D eigenvalue weighted by Gasteiger charge is 2.26. The molecular formula is C56H35N3. The average molecular weight is 750 g/mol. The van der Waals surface area contributed by atoms with Crippen molar-refractivity contribution in [1.82, 2.24) is 9.13 Å². The van der Waals surface area contributed by atoms with Crippen molar-refractivity contribution in [3.63, 3.8) is 0 Å². The van der Waals surface area contributed by atoms with Crippen molar-refractivity contribution >= 4 is 82.2 Å². The number of fused-ring (bicyclic) bond motifs is 12. The second-order valence-corrected chi connectivity index (χ2v) is 15.8. The summed E-state index contributed by atoms with van der Waals surface area (Å²) in [5.74, 6) is 0. The molecule has 12 aromatic rings. The van der Waals surface area contributed by atoms with E-state index in [1.54, 1.807) is 0 Å². The molecule has 2 aromatic heterocycles. The van der Waals surface area contributed by atoms with Crippen LogP contribution in [0.3, 0.4) is 0 Å². The second-order valence-electron chi connectivity index (χ2n) is 15.8. The molecular weight excluding hydrogens is 715 g/mol. The minimum Gasteiger partial charge on any atom is -0.309 e. The van der Waals surface area contributed by atoms with E-state index in [4.69, 9.17) is 0 Å². The van der Waals surface area contributed by atoms with E-state index in [2.05, 4.69) is 226 Å². The fraction of sp³-hybridized carbons (Fsp3) is 0. The number of hydrogen-bond acceptors (Lipinski definition) is 1. The minimum absolute atomic E-state index is 1.11. The SMILES string of the molecule is c1ccc(N(c2ccc3cc4c(cc3c2)-c2cc3cc(-n5c6ccccc6c6ccccc65)ccc3cc2-4)c2cccc3c4ccccc4n(-c4ccccc4)c23)cc1. The molecule has 0 atom stereocenters. The zero-order valence-electron chi connectivity index (χ0n) is 32.0. The molecule has 0 fully saturated rings. The fourth-order valence-electron chi connectivity index (χ4n) is 9.91. The van der Waals surface area contributed by atoms with Crippen LogP contribution in [-0.4, -0.2) is 9.13 Å². The molecule has 0 saturated heterocycles. The number of para-hydroxylation sites is 6. The molecule has 3 nitrogen and oxygen atoms in total. The summed E-state index contributed by atoms with van der Waals surface area (Å²) in [4.78, 5) is 2.43. The van der Waals surface area contributed by atoms with Crippen molar-refractivity contribution in [2.24, 2.45) is 0 Å². The molecule has 0 spiro atoms. The number of rotatable bonds is 5. The lowest BCUT2D eigenvalue weighted by Gasteiger charge is -2.28. The molecule has 0 saturated carbocycles. The molecule has 0 radical (unpaired) electrons. The van der Waals surface area contributed by atoms with Gasteiger partial charge in [0.2, 0.25) is 0 Å². The molecule has 0 bridgehead atoms. The molecule has 0 unspecified atom stereocenters. The van der Waals surface area contributed by atoms with Crippen LogP contribution in [0, 0.1) is 0 Å². The quantitative estimate of drug-likeness (QED) is 0.171. The van der Waals surface area contributed by atoms with Gasteiger partial charge in [-0.25, -0.2) is 0 Å². The van der Waals surface area contributed by atoms with Gasteiger partial charge in [0.05, 0.1) is 27.8 Å². The molecule has 1 aliphatic rings. The molecule has 59 heavy (non-hydrogen) atoms. The largest absolute Gasteiger partial charge is 0.309 e. The highest BCUT2D eigenvalue weighted by Crippen LogP contribution is 2.51. The summed E-state index contributed by atoms with van der Waals surface area (Å²) in [6.45, 7) is 0. The normalized spacial score (nSPS) is 12.1. The summed E-state index contributed by atoms with van der Waals surface area (Å²) in [5, 5.41) is 10.0. The van der Waals surface area contributed by atoms with E-state index in [0.717, 1.165) is 22.7 Å². The van der Waals surface area contributed by atoms with Crippen molar-refractivity contribution in [3.05, 3.63) is 212 Å². The minimum atomic E-state index is 1.11. The second kappa shape index (κ2) is 12.3. The van der Waals surface area contributed by atoms with E-state index in [-0.39, 0.29) is 0 Å². The lowest BCUT2D eigenvalue weighted by molar-refractivity contribution is 1.17. The van der Waals surface area contributed by atoms with Gasteiger partial charge < -0.3 is 14.0 Å². The maximum Gasteiger partial charge on any atom is 0.0782 e.